The van der Waals surface area contributed by atoms with E-state index in [1.807, 2.05) is 31.0 Å². The van der Waals surface area contributed by atoms with Gasteiger partial charge in [-0.15, -0.1) is 0 Å². The highest BCUT2D eigenvalue weighted by Gasteiger charge is 2.48. The van der Waals surface area contributed by atoms with E-state index < -0.39 is 12.1 Å². The molecule has 0 saturated carbocycles. The number of aromatic amines is 2. The Bertz CT molecular complexity index is 2240. The van der Waals surface area contributed by atoms with Crippen molar-refractivity contribution in [1.29, 1.82) is 0 Å². The van der Waals surface area contributed by atoms with Crippen molar-refractivity contribution >= 4 is 39.7 Å². The number of ether oxygens (including phenoxy) is 2. The van der Waals surface area contributed by atoms with Gasteiger partial charge in [-0.2, -0.15) is 0 Å². The molecule has 8 rings (SSSR count). The van der Waals surface area contributed by atoms with Crippen LogP contribution >= 0.6 is 0 Å². The summed E-state index contributed by atoms with van der Waals surface area (Å²) in [7, 11) is 1.30. The molecule has 5 aromatic rings. The predicted molar refractivity (Wildman–Crippen MR) is 215 cm³/mol. The molecule has 3 aliphatic heterocycles. The lowest BCUT2D eigenvalue weighted by molar-refractivity contribution is -0.135. The van der Waals surface area contributed by atoms with E-state index in [1.54, 1.807) is 0 Å². The molecule has 3 saturated heterocycles. The first-order valence-corrected chi connectivity index (χ1v) is 20.1. The molecular formula is C44H53N7O5. The number of rotatable bonds is 9. The molecule has 0 aliphatic carbocycles. The lowest BCUT2D eigenvalue weighted by Crippen LogP contribution is -2.51. The van der Waals surface area contributed by atoms with E-state index in [0.717, 1.165) is 101 Å². The normalized spacial score (nSPS) is 21.8. The second-order valence-electron chi connectivity index (χ2n) is 16.8. The third-order valence-electron chi connectivity index (χ3n) is 12.0. The Balaban J connectivity index is 1.00. The van der Waals surface area contributed by atoms with E-state index in [0.29, 0.717) is 25.5 Å². The second-order valence-corrected chi connectivity index (χ2v) is 16.8. The number of nitrogens with one attached hydrogen (secondary N) is 3. The number of benzene rings is 3. The smallest absolute Gasteiger partial charge is 0.407 e. The number of nitrogens with zero attached hydrogens (tertiary/aromatic N) is 4. The van der Waals surface area contributed by atoms with Crippen LogP contribution in [-0.4, -0.2) is 87.1 Å². The Hall–Kier alpha value is -5.23. The summed E-state index contributed by atoms with van der Waals surface area (Å²) in [5.41, 5.74) is 5.95. The minimum absolute atomic E-state index is 0.00396. The molecule has 3 N–H and O–H groups in total. The predicted octanol–water partition coefficient (Wildman–Crippen LogP) is 7.93. The molecule has 0 unspecified atom stereocenters. The Kier molecular flexibility index (Phi) is 10.3. The highest BCUT2D eigenvalue weighted by molar-refractivity contribution is 6.05. The Labute approximate surface area is 327 Å². The van der Waals surface area contributed by atoms with Crippen LogP contribution in [0.15, 0.2) is 60.8 Å². The van der Waals surface area contributed by atoms with E-state index >= 15 is 0 Å². The summed E-state index contributed by atoms with van der Waals surface area (Å²) < 4.78 is 10.7. The van der Waals surface area contributed by atoms with Crippen LogP contribution in [0.4, 0.5) is 4.79 Å². The SMILES string of the molecule is COC(=O)N[C@H](C(=O)N1CCC[C@H]1c1nc2ccc3cc(-c4ccc(-c5cnc([C@@H]6C[C@]7(CCCOC7)CN6C(=O)CC(C)C)[nH]5)cc4)ccc3c2[nH]1)C(C)C. The molecule has 12 nitrogen and oxygen atoms in total. The summed E-state index contributed by atoms with van der Waals surface area (Å²) in [6.45, 7) is 10.8. The molecule has 3 aromatic carbocycles. The van der Waals surface area contributed by atoms with Crippen molar-refractivity contribution in [1.82, 2.24) is 35.1 Å². The average molecular weight is 760 g/mol. The van der Waals surface area contributed by atoms with Gasteiger partial charge in [0, 0.05) is 36.9 Å². The van der Waals surface area contributed by atoms with Crippen LogP contribution in [0.2, 0.25) is 0 Å². The maximum atomic E-state index is 13.7. The number of carbonyl (C=O) groups is 3. The largest absolute Gasteiger partial charge is 0.453 e. The molecule has 56 heavy (non-hydrogen) atoms. The molecule has 0 bridgehead atoms. The van der Waals surface area contributed by atoms with Gasteiger partial charge in [0.1, 0.15) is 17.7 Å². The van der Waals surface area contributed by atoms with Gasteiger partial charge in [-0.25, -0.2) is 14.8 Å². The average Bonchev–Trinajstić information content (AvgIpc) is 4.02. The minimum atomic E-state index is -0.684. The number of methoxy groups -OCH3 is 1. The summed E-state index contributed by atoms with van der Waals surface area (Å²) >= 11 is 0. The first-order chi connectivity index (χ1) is 27.0. The lowest BCUT2D eigenvalue weighted by atomic mass is 9.80. The molecule has 2 aromatic heterocycles. The van der Waals surface area contributed by atoms with Crippen molar-refractivity contribution in [2.75, 3.05) is 33.4 Å². The van der Waals surface area contributed by atoms with E-state index in [2.05, 4.69) is 82.6 Å². The fourth-order valence-electron chi connectivity index (χ4n) is 9.08. The fourth-order valence-corrected chi connectivity index (χ4v) is 9.08. The van der Waals surface area contributed by atoms with Crippen LogP contribution in [0, 0.1) is 17.3 Å². The van der Waals surface area contributed by atoms with Gasteiger partial charge in [0.05, 0.1) is 48.7 Å². The number of hydrogen-bond donors (Lipinski definition) is 3. The van der Waals surface area contributed by atoms with Crippen LogP contribution in [0.25, 0.3) is 44.2 Å². The van der Waals surface area contributed by atoms with Crippen molar-refractivity contribution in [2.24, 2.45) is 17.3 Å². The van der Waals surface area contributed by atoms with Gasteiger partial charge >= 0.3 is 6.09 Å². The van der Waals surface area contributed by atoms with Gasteiger partial charge in [-0.05, 0) is 78.1 Å². The third-order valence-corrected chi connectivity index (χ3v) is 12.0. The van der Waals surface area contributed by atoms with E-state index in [-0.39, 0.29) is 35.2 Å². The number of likely N-dealkylation sites (tertiary alicyclic amines) is 2. The zero-order valence-electron chi connectivity index (χ0n) is 33.1. The number of hydrogen-bond acceptors (Lipinski definition) is 7. The molecule has 12 heteroatoms. The van der Waals surface area contributed by atoms with Crippen molar-refractivity contribution in [2.45, 2.75) is 84.3 Å². The first-order valence-electron chi connectivity index (χ1n) is 20.1. The number of aromatic nitrogens is 4. The summed E-state index contributed by atoms with van der Waals surface area (Å²) in [4.78, 5) is 60.0. The van der Waals surface area contributed by atoms with Gasteiger partial charge in [-0.1, -0.05) is 70.2 Å². The summed E-state index contributed by atoms with van der Waals surface area (Å²) in [6, 6.07) is 18.1. The highest BCUT2D eigenvalue weighted by atomic mass is 16.5. The van der Waals surface area contributed by atoms with Crippen LogP contribution in [0.3, 0.4) is 0 Å². The van der Waals surface area contributed by atoms with Crippen LogP contribution in [-0.2, 0) is 19.1 Å². The number of H-pyrrole nitrogens is 2. The second kappa shape index (κ2) is 15.4. The summed E-state index contributed by atoms with van der Waals surface area (Å²) in [5.74, 6) is 1.86. The summed E-state index contributed by atoms with van der Waals surface area (Å²) in [5, 5.41) is 4.87. The van der Waals surface area contributed by atoms with E-state index in [9.17, 15) is 14.4 Å². The quantitative estimate of drug-likeness (QED) is 0.138. The maximum absolute atomic E-state index is 13.7. The van der Waals surface area contributed by atoms with Crippen molar-refractivity contribution in [3.8, 4) is 22.4 Å². The minimum Gasteiger partial charge on any atom is -0.453 e. The molecule has 1 spiro atoms. The lowest BCUT2D eigenvalue weighted by Gasteiger charge is -2.32. The first kappa shape index (κ1) is 37.7. The van der Waals surface area contributed by atoms with Gasteiger partial charge < -0.3 is 34.6 Å². The maximum Gasteiger partial charge on any atom is 0.407 e. The Morgan fingerprint density at radius 1 is 0.946 bits per heavy atom. The fraction of sp³-hybridized carbons (Fsp3) is 0.477. The van der Waals surface area contributed by atoms with Crippen LogP contribution in [0.5, 0.6) is 0 Å². The molecule has 3 fully saturated rings. The monoisotopic (exact) mass is 759 g/mol. The van der Waals surface area contributed by atoms with Crippen molar-refractivity contribution < 1.29 is 23.9 Å². The van der Waals surface area contributed by atoms with Gasteiger partial charge in [0.15, 0.2) is 0 Å². The van der Waals surface area contributed by atoms with E-state index in [4.69, 9.17) is 19.4 Å². The van der Waals surface area contributed by atoms with Crippen molar-refractivity contribution in [3.63, 3.8) is 0 Å². The molecule has 294 valence electrons. The number of fused-ring (bicyclic) bond motifs is 3. The molecular weight excluding hydrogens is 707 g/mol. The number of imidazole rings is 2. The number of alkyl carbamates (subject to hydrolysis) is 1. The zero-order valence-corrected chi connectivity index (χ0v) is 33.1. The molecule has 5 heterocycles. The standard InChI is InChI=1S/C44H53N7O5/c1-26(2)20-37(52)51-24-44(17-7-19-56-25-44)22-36(51)40-45-23-34(47-40)29-11-9-28(10-12-29)30-13-15-32-31(21-30)14-16-33-39(32)48-41(46-33)35-8-6-18-50(35)42(53)38(27(3)4)49-43(54)55-5/h9-16,21,23,26-27,35-36,38H,6-8,17-20,22,24-25H2,1-5H3,(H,45,47)(H,46,48)(H,49,54)/t35-,36-,38-,44+/m0/s1. The zero-order chi connectivity index (χ0) is 39.1. The van der Waals surface area contributed by atoms with Gasteiger partial charge in [-0.3, -0.25) is 9.59 Å². The number of amides is 3. The number of carbonyl (C=O) groups excluding carboxylic acids is 3. The van der Waals surface area contributed by atoms with Crippen molar-refractivity contribution in [3.05, 3.63) is 72.4 Å². The van der Waals surface area contributed by atoms with E-state index in [1.165, 1.54) is 7.11 Å². The molecule has 4 atom stereocenters. The summed E-state index contributed by atoms with van der Waals surface area (Å²) in [6.07, 6.45) is 6.43. The van der Waals surface area contributed by atoms with Gasteiger partial charge in [0.25, 0.3) is 0 Å². The topological polar surface area (TPSA) is 146 Å². The molecule has 0 radical (unpaired) electrons. The van der Waals surface area contributed by atoms with Gasteiger partial charge in [0.2, 0.25) is 11.8 Å². The molecule has 3 aliphatic rings. The van der Waals surface area contributed by atoms with Crippen LogP contribution in [0.1, 0.15) is 90.0 Å². The van der Waals surface area contributed by atoms with Crippen LogP contribution < -0.4 is 5.32 Å². The third kappa shape index (κ3) is 7.26. The Morgan fingerprint density at radius 3 is 2.46 bits per heavy atom. The molecule has 3 amide bonds. The Morgan fingerprint density at radius 2 is 1.73 bits per heavy atom. The highest BCUT2D eigenvalue weighted by Crippen LogP contribution is 2.47.